The number of rotatable bonds is 3. The molecule has 0 aliphatic heterocycles. The lowest BCUT2D eigenvalue weighted by Crippen LogP contribution is -2.08. The number of phenolic OH excluding ortho intramolecular Hbond substituents is 1. The quantitative estimate of drug-likeness (QED) is 0.832. The van der Waals surface area contributed by atoms with E-state index < -0.39 is 5.82 Å². The van der Waals surface area contributed by atoms with E-state index in [1.165, 1.54) is 12.1 Å². The van der Waals surface area contributed by atoms with Crippen molar-refractivity contribution in [3.8, 4) is 5.75 Å². The van der Waals surface area contributed by atoms with Gasteiger partial charge in [0.2, 0.25) is 0 Å². The van der Waals surface area contributed by atoms with Crippen LogP contribution in [-0.2, 0) is 0 Å². The number of anilines is 1. The first-order chi connectivity index (χ1) is 8.56. The fourth-order valence-corrected chi connectivity index (χ4v) is 1.84. The Morgan fingerprint density at radius 3 is 2.78 bits per heavy atom. The maximum absolute atomic E-state index is 12.9. The van der Waals surface area contributed by atoms with Gasteiger partial charge in [-0.15, -0.1) is 0 Å². The van der Waals surface area contributed by atoms with Crippen LogP contribution >= 0.6 is 11.6 Å². The summed E-state index contributed by atoms with van der Waals surface area (Å²) in [4.78, 5) is 4.08. The van der Waals surface area contributed by atoms with Crippen LogP contribution in [0.25, 0.3) is 0 Å². The fourth-order valence-electron chi connectivity index (χ4n) is 1.67. The van der Waals surface area contributed by atoms with Crippen LogP contribution < -0.4 is 5.32 Å². The number of benzene rings is 1. The summed E-state index contributed by atoms with van der Waals surface area (Å²) in [5, 5.41) is 13.1. The summed E-state index contributed by atoms with van der Waals surface area (Å²) in [7, 11) is 0. The summed E-state index contributed by atoms with van der Waals surface area (Å²) in [6, 6.07) is 8.92. The molecule has 3 nitrogen and oxygen atoms in total. The molecule has 1 heterocycles. The summed E-state index contributed by atoms with van der Waals surface area (Å²) in [5.74, 6) is 0.0417. The summed E-state index contributed by atoms with van der Waals surface area (Å²) in [6.45, 7) is 1.84. The van der Waals surface area contributed by atoms with Crippen molar-refractivity contribution in [2.75, 3.05) is 5.32 Å². The van der Waals surface area contributed by atoms with Crippen LogP contribution in [-0.4, -0.2) is 10.1 Å². The first-order valence-corrected chi connectivity index (χ1v) is 5.81. The first kappa shape index (κ1) is 12.6. The lowest BCUT2D eigenvalue weighted by Gasteiger charge is -2.16. The molecule has 0 spiro atoms. The van der Waals surface area contributed by atoms with Crippen molar-refractivity contribution in [2.24, 2.45) is 0 Å². The molecule has 5 heteroatoms. The molecule has 1 aromatic carbocycles. The second-order valence-corrected chi connectivity index (χ2v) is 4.30. The molecule has 1 unspecified atom stereocenters. The molecule has 0 saturated heterocycles. The number of nitrogens with one attached hydrogen (secondary N) is 1. The monoisotopic (exact) mass is 266 g/mol. The molecule has 0 fully saturated rings. The van der Waals surface area contributed by atoms with E-state index in [0.717, 1.165) is 6.07 Å². The highest BCUT2D eigenvalue weighted by Gasteiger charge is 2.11. The van der Waals surface area contributed by atoms with Crippen molar-refractivity contribution in [3.05, 3.63) is 52.9 Å². The summed E-state index contributed by atoms with van der Waals surface area (Å²) < 4.78 is 12.9. The van der Waals surface area contributed by atoms with Crippen molar-refractivity contribution in [2.45, 2.75) is 13.0 Å². The van der Waals surface area contributed by atoms with Crippen molar-refractivity contribution >= 4 is 17.4 Å². The van der Waals surface area contributed by atoms with Gasteiger partial charge in [0.25, 0.3) is 0 Å². The van der Waals surface area contributed by atoms with Crippen LogP contribution in [0.2, 0.25) is 5.15 Å². The van der Waals surface area contributed by atoms with Gasteiger partial charge >= 0.3 is 0 Å². The minimum atomic E-state index is -0.468. The second kappa shape index (κ2) is 5.23. The third kappa shape index (κ3) is 2.90. The topological polar surface area (TPSA) is 45.2 Å². The van der Waals surface area contributed by atoms with Gasteiger partial charge in [-0.25, -0.2) is 9.37 Å². The smallest absolute Gasteiger partial charge is 0.131 e. The van der Waals surface area contributed by atoms with Gasteiger partial charge in [-0.2, -0.15) is 0 Å². The molecule has 18 heavy (non-hydrogen) atoms. The van der Waals surface area contributed by atoms with E-state index in [0.29, 0.717) is 16.5 Å². The highest BCUT2D eigenvalue weighted by molar-refractivity contribution is 6.29. The molecule has 0 aliphatic rings. The Kier molecular flexibility index (Phi) is 3.67. The molecule has 0 amide bonds. The maximum Gasteiger partial charge on any atom is 0.131 e. The Morgan fingerprint density at radius 2 is 2.11 bits per heavy atom. The van der Waals surface area contributed by atoms with Crippen LogP contribution in [0.3, 0.4) is 0 Å². The van der Waals surface area contributed by atoms with Crippen molar-refractivity contribution in [1.82, 2.24) is 4.98 Å². The van der Waals surface area contributed by atoms with Gasteiger partial charge in [0, 0.05) is 11.6 Å². The number of halogens is 2. The van der Waals surface area contributed by atoms with Gasteiger partial charge < -0.3 is 10.4 Å². The maximum atomic E-state index is 12.9. The molecular weight excluding hydrogens is 255 g/mol. The average Bonchev–Trinajstić information content (AvgIpc) is 2.28. The van der Waals surface area contributed by atoms with Crippen LogP contribution in [0.4, 0.5) is 10.2 Å². The van der Waals surface area contributed by atoms with Gasteiger partial charge in [-0.1, -0.05) is 23.7 Å². The van der Waals surface area contributed by atoms with Crippen molar-refractivity contribution < 1.29 is 9.50 Å². The van der Waals surface area contributed by atoms with E-state index in [1.54, 1.807) is 18.2 Å². The number of aromatic hydroxyl groups is 1. The largest absolute Gasteiger partial charge is 0.507 e. The zero-order valence-electron chi connectivity index (χ0n) is 9.69. The van der Waals surface area contributed by atoms with Gasteiger partial charge in [-0.3, -0.25) is 0 Å². The molecule has 2 N–H and O–H groups in total. The molecule has 1 aromatic heterocycles. The van der Waals surface area contributed by atoms with E-state index in [-0.39, 0.29) is 11.8 Å². The lowest BCUT2D eigenvalue weighted by molar-refractivity contribution is 0.459. The van der Waals surface area contributed by atoms with E-state index in [9.17, 15) is 9.50 Å². The zero-order valence-corrected chi connectivity index (χ0v) is 10.4. The fraction of sp³-hybridized carbons (Fsp3) is 0.154. The predicted molar refractivity (Wildman–Crippen MR) is 69.3 cm³/mol. The van der Waals surface area contributed by atoms with Gasteiger partial charge in [-0.05, 0) is 25.1 Å². The number of hydrogen-bond acceptors (Lipinski definition) is 3. The summed E-state index contributed by atoms with van der Waals surface area (Å²) >= 11 is 5.78. The Balaban J connectivity index is 2.19. The Bertz CT molecular complexity index is 562. The Morgan fingerprint density at radius 1 is 1.33 bits per heavy atom. The van der Waals surface area contributed by atoms with Gasteiger partial charge in [0.15, 0.2) is 0 Å². The molecule has 2 rings (SSSR count). The van der Waals surface area contributed by atoms with E-state index in [4.69, 9.17) is 11.6 Å². The molecule has 94 valence electrons. The van der Waals surface area contributed by atoms with Gasteiger partial charge in [0.1, 0.15) is 22.5 Å². The number of nitrogens with zero attached hydrogens (tertiary/aromatic N) is 1. The lowest BCUT2D eigenvalue weighted by atomic mass is 10.1. The van der Waals surface area contributed by atoms with Gasteiger partial charge in [0.05, 0.1) is 6.04 Å². The molecule has 2 aromatic rings. The normalized spacial score (nSPS) is 12.2. The molecule has 0 bridgehead atoms. The minimum Gasteiger partial charge on any atom is -0.507 e. The van der Waals surface area contributed by atoms with E-state index in [1.807, 2.05) is 6.92 Å². The molecule has 0 saturated carbocycles. The summed E-state index contributed by atoms with van der Waals surface area (Å²) in [6.07, 6.45) is 0. The second-order valence-electron chi connectivity index (χ2n) is 3.91. The SMILES string of the molecule is CC(Nc1cccc(Cl)n1)c1ccc(F)cc1O. The summed E-state index contributed by atoms with van der Waals surface area (Å²) in [5.41, 5.74) is 0.596. The third-order valence-electron chi connectivity index (χ3n) is 2.54. The van der Waals surface area contributed by atoms with Crippen molar-refractivity contribution in [1.29, 1.82) is 0 Å². The standard InChI is InChI=1S/C13H12ClFN2O/c1-8(10-6-5-9(15)7-11(10)18)16-13-4-2-3-12(14)17-13/h2-8,18H,1H3,(H,16,17). The highest BCUT2D eigenvalue weighted by Crippen LogP contribution is 2.27. The Hall–Kier alpha value is -1.81. The Labute approximate surface area is 109 Å². The van der Waals surface area contributed by atoms with E-state index >= 15 is 0 Å². The molecule has 0 aliphatic carbocycles. The first-order valence-electron chi connectivity index (χ1n) is 5.44. The van der Waals surface area contributed by atoms with Crippen molar-refractivity contribution in [3.63, 3.8) is 0 Å². The van der Waals surface area contributed by atoms with Crippen LogP contribution in [0.15, 0.2) is 36.4 Å². The highest BCUT2D eigenvalue weighted by atomic mass is 35.5. The van der Waals surface area contributed by atoms with Crippen LogP contribution in [0.5, 0.6) is 5.75 Å². The minimum absolute atomic E-state index is 0.0861. The van der Waals surface area contributed by atoms with Crippen LogP contribution in [0.1, 0.15) is 18.5 Å². The predicted octanol–water partition coefficient (Wildman–Crippen LogP) is 3.75. The molecule has 0 radical (unpaired) electrons. The van der Waals surface area contributed by atoms with E-state index in [2.05, 4.69) is 10.3 Å². The molecular formula is C13H12ClFN2O. The number of phenols is 1. The number of hydrogen-bond donors (Lipinski definition) is 2. The molecule has 1 atom stereocenters. The van der Waals surface area contributed by atoms with Crippen LogP contribution in [0, 0.1) is 5.82 Å². The third-order valence-corrected chi connectivity index (χ3v) is 2.75. The zero-order chi connectivity index (χ0) is 13.1. The number of pyridine rings is 1. The number of aromatic nitrogens is 1. The average molecular weight is 267 g/mol.